The predicted molar refractivity (Wildman–Crippen MR) is 34.7 cm³/mol. The molecule has 0 radical (unpaired) electrons. The van der Waals surface area contributed by atoms with E-state index in [1.165, 1.54) is 23.5 Å². The highest BCUT2D eigenvalue weighted by atomic mass is 16.6. The summed E-state index contributed by atoms with van der Waals surface area (Å²) in [5.41, 5.74) is 0. The molecule has 2 heterocycles. The molecular weight excluding hydrogens is 148 g/mol. The fraction of sp³-hybridized carbons (Fsp3) is 0.167. The first-order valence-electron chi connectivity index (χ1n) is 3.03. The number of fused-ring (bicyclic) bond motifs is 1. The van der Waals surface area contributed by atoms with Gasteiger partial charge in [-0.2, -0.15) is 0 Å². The molecule has 0 saturated carbocycles. The Morgan fingerprint density at radius 1 is 1.55 bits per heavy atom. The van der Waals surface area contributed by atoms with E-state index in [-0.39, 0.29) is 0 Å². The number of hydrogen-bond acceptors (Lipinski definition) is 4. The van der Waals surface area contributed by atoms with E-state index in [9.17, 15) is 9.59 Å². The highest BCUT2D eigenvalue weighted by molar-refractivity contribution is 6.06. The second-order valence-electron chi connectivity index (χ2n) is 2.14. The van der Waals surface area contributed by atoms with Crippen molar-refractivity contribution < 1.29 is 14.3 Å². The van der Waals surface area contributed by atoms with E-state index in [1.807, 2.05) is 0 Å². The van der Waals surface area contributed by atoms with Crippen LogP contribution in [0.1, 0.15) is 0 Å². The molecule has 1 atom stereocenters. The van der Waals surface area contributed by atoms with Gasteiger partial charge in [-0.15, -0.1) is 0 Å². The first-order valence-corrected chi connectivity index (χ1v) is 3.03. The minimum atomic E-state index is -0.646. The molecule has 5 heteroatoms. The minimum Gasteiger partial charge on any atom is -0.374 e. The standard InChI is InChI=1S/C6H4N2O3/c9-5-4-3-7-1-2-8(4)6(10)11-5/h1-4H. The Kier molecular flexibility index (Phi) is 1.06. The smallest absolute Gasteiger partial charge is 0.374 e. The molecule has 0 aromatic heterocycles. The normalized spacial score (nSPS) is 27.3. The van der Waals surface area contributed by atoms with Crippen LogP contribution in [0.25, 0.3) is 0 Å². The van der Waals surface area contributed by atoms with Crippen molar-refractivity contribution in [2.45, 2.75) is 6.04 Å². The maximum Gasteiger partial charge on any atom is 0.422 e. The van der Waals surface area contributed by atoms with Crippen molar-refractivity contribution in [2.24, 2.45) is 4.99 Å². The zero-order valence-electron chi connectivity index (χ0n) is 5.43. The van der Waals surface area contributed by atoms with Gasteiger partial charge in [0, 0.05) is 18.6 Å². The maximum atomic E-state index is 10.8. The zero-order valence-corrected chi connectivity index (χ0v) is 5.43. The van der Waals surface area contributed by atoms with Crippen molar-refractivity contribution in [3.8, 4) is 0 Å². The summed E-state index contributed by atoms with van der Waals surface area (Å²) in [7, 11) is 0. The second-order valence-corrected chi connectivity index (χ2v) is 2.14. The number of hydrogen-bond donors (Lipinski definition) is 0. The van der Waals surface area contributed by atoms with Crippen molar-refractivity contribution in [3.05, 3.63) is 12.4 Å². The van der Waals surface area contributed by atoms with Gasteiger partial charge in [0.2, 0.25) is 0 Å². The largest absolute Gasteiger partial charge is 0.422 e. The zero-order chi connectivity index (χ0) is 7.84. The number of carbonyl (C=O) groups is 2. The molecule has 0 spiro atoms. The molecule has 1 saturated heterocycles. The predicted octanol–water partition coefficient (Wildman–Crippen LogP) is -0.111. The van der Waals surface area contributed by atoms with Crippen molar-refractivity contribution in [3.63, 3.8) is 0 Å². The molecular formula is C6H4N2O3. The van der Waals surface area contributed by atoms with Crippen LogP contribution in [0.4, 0.5) is 4.79 Å². The van der Waals surface area contributed by atoms with Crippen LogP contribution in [0, 0.1) is 0 Å². The van der Waals surface area contributed by atoms with Crippen LogP contribution in [-0.2, 0) is 9.53 Å². The maximum absolute atomic E-state index is 10.8. The number of carbonyl (C=O) groups excluding carboxylic acids is 2. The molecule has 0 aromatic carbocycles. The van der Waals surface area contributed by atoms with E-state index in [4.69, 9.17) is 0 Å². The van der Waals surface area contributed by atoms with Crippen molar-refractivity contribution in [1.82, 2.24) is 4.90 Å². The highest BCUT2D eigenvalue weighted by Crippen LogP contribution is 2.15. The lowest BCUT2D eigenvalue weighted by molar-refractivity contribution is -0.134. The number of nitrogens with zero attached hydrogens (tertiary/aromatic N) is 2. The van der Waals surface area contributed by atoms with Gasteiger partial charge in [-0.25, -0.2) is 9.59 Å². The van der Waals surface area contributed by atoms with Crippen LogP contribution in [0.15, 0.2) is 17.4 Å². The minimum absolute atomic E-state index is 0.567. The van der Waals surface area contributed by atoms with Crippen LogP contribution in [0.3, 0.4) is 0 Å². The lowest BCUT2D eigenvalue weighted by atomic mass is 10.3. The van der Waals surface area contributed by atoms with Gasteiger partial charge in [0.25, 0.3) is 0 Å². The Morgan fingerprint density at radius 2 is 2.36 bits per heavy atom. The Labute approximate surface area is 62.0 Å². The van der Waals surface area contributed by atoms with Crippen molar-refractivity contribution in [1.29, 1.82) is 0 Å². The molecule has 56 valence electrons. The van der Waals surface area contributed by atoms with Gasteiger partial charge >= 0.3 is 12.1 Å². The van der Waals surface area contributed by atoms with Gasteiger partial charge < -0.3 is 4.74 Å². The van der Waals surface area contributed by atoms with E-state index >= 15 is 0 Å². The lowest BCUT2D eigenvalue weighted by Gasteiger charge is -2.12. The average Bonchev–Trinajstić information content (AvgIpc) is 2.30. The second kappa shape index (κ2) is 1.91. The molecule has 0 N–H and O–H groups in total. The molecule has 2 rings (SSSR count). The van der Waals surface area contributed by atoms with Crippen LogP contribution < -0.4 is 0 Å². The van der Waals surface area contributed by atoms with Crippen LogP contribution in [-0.4, -0.2) is 29.2 Å². The number of ether oxygens (including phenoxy) is 1. The highest BCUT2D eigenvalue weighted by Gasteiger charge is 2.39. The van der Waals surface area contributed by atoms with Gasteiger partial charge in [0.05, 0.1) is 0 Å². The van der Waals surface area contributed by atoms with E-state index in [1.54, 1.807) is 0 Å². The van der Waals surface area contributed by atoms with Crippen molar-refractivity contribution >= 4 is 18.3 Å². The third kappa shape index (κ3) is 0.739. The monoisotopic (exact) mass is 152 g/mol. The Balaban J connectivity index is 2.37. The quantitative estimate of drug-likeness (QED) is 0.359. The van der Waals surface area contributed by atoms with Gasteiger partial charge in [0.1, 0.15) is 0 Å². The third-order valence-corrected chi connectivity index (χ3v) is 1.48. The summed E-state index contributed by atoms with van der Waals surface area (Å²) >= 11 is 0. The number of amides is 1. The molecule has 5 nitrogen and oxygen atoms in total. The van der Waals surface area contributed by atoms with Gasteiger partial charge in [0.15, 0.2) is 6.04 Å². The molecule has 2 aliphatic rings. The van der Waals surface area contributed by atoms with Gasteiger partial charge in [-0.1, -0.05) is 0 Å². The molecule has 2 aliphatic heterocycles. The van der Waals surface area contributed by atoms with E-state index in [0.29, 0.717) is 0 Å². The fourth-order valence-corrected chi connectivity index (χ4v) is 0.954. The van der Waals surface area contributed by atoms with Crippen LogP contribution >= 0.6 is 0 Å². The Hall–Kier alpha value is -1.65. The third-order valence-electron chi connectivity index (χ3n) is 1.48. The Bertz CT molecular complexity index is 254. The van der Waals surface area contributed by atoms with Gasteiger partial charge in [-0.05, 0) is 0 Å². The summed E-state index contributed by atoms with van der Waals surface area (Å²) in [6.45, 7) is 0. The molecule has 1 fully saturated rings. The lowest BCUT2D eigenvalue weighted by Crippen LogP contribution is -2.33. The van der Waals surface area contributed by atoms with Crippen LogP contribution in [0.5, 0.6) is 0 Å². The molecule has 0 aromatic rings. The number of rotatable bonds is 0. The molecule has 0 bridgehead atoms. The van der Waals surface area contributed by atoms with E-state index in [0.717, 1.165) is 0 Å². The van der Waals surface area contributed by atoms with Crippen molar-refractivity contribution in [2.75, 3.05) is 0 Å². The Morgan fingerprint density at radius 3 is 3.09 bits per heavy atom. The summed E-state index contributed by atoms with van der Waals surface area (Å²) in [5.74, 6) is -0.567. The fourth-order valence-electron chi connectivity index (χ4n) is 0.954. The summed E-state index contributed by atoms with van der Waals surface area (Å²) in [6.07, 6.45) is 3.57. The molecule has 1 amide bonds. The summed E-state index contributed by atoms with van der Waals surface area (Å²) in [4.78, 5) is 26.5. The SMILES string of the molecule is O=C1OC(=O)N2C=CN=CC12. The number of cyclic esters (lactones) is 2. The average molecular weight is 152 g/mol. The number of aliphatic imine (C=N–C) groups is 1. The van der Waals surface area contributed by atoms with E-state index < -0.39 is 18.1 Å². The first kappa shape index (κ1) is 6.09. The summed E-state index contributed by atoms with van der Waals surface area (Å²) < 4.78 is 4.31. The van der Waals surface area contributed by atoms with Crippen LogP contribution in [0.2, 0.25) is 0 Å². The summed E-state index contributed by atoms with van der Waals surface area (Å²) in [6, 6.07) is -0.646. The first-order chi connectivity index (χ1) is 5.29. The molecule has 11 heavy (non-hydrogen) atoms. The topological polar surface area (TPSA) is 59.0 Å². The van der Waals surface area contributed by atoms with E-state index in [2.05, 4.69) is 9.73 Å². The molecule has 0 aliphatic carbocycles. The molecule has 1 unspecified atom stereocenters. The summed E-state index contributed by atoms with van der Waals surface area (Å²) in [5, 5.41) is 0. The number of esters is 1. The van der Waals surface area contributed by atoms with Gasteiger partial charge in [-0.3, -0.25) is 9.89 Å².